The maximum atomic E-state index is 11.8. The Bertz CT molecular complexity index is 400. The summed E-state index contributed by atoms with van der Waals surface area (Å²) >= 11 is 0. The van der Waals surface area contributed by atoms with Crippen molar-refractivity contribution >= 4 is 11.6 Å². The molecule has 1 aromatic rings. The second-order valence-corrected chi connectivity index (χ2v) is 4.81. The van der Waals surface area contributed by atoms with Crippen LogP contribution in [0.5, 0.6) is 0 Å². The van der Waals surface area contributed by atoms with Crippen molar-refractivity contribution in [2.24, 2.45) is 11.7 Å². The minimum atomic E-state index is -0.466. The van der Waals surface area contributed by atoms with Crippen LogP contribution in [0.25, 0.3) is 0 Å². The standard InChI is InChI=1S/C15H21NO2/c1-11(12(2)17)10-15(18)14(16)9-8-13-6-4-3-5-7-13/h3-7,11,14H,8-10,16H2,1-2H3/t11-,14-/m1/s1. The van der Waals surface area contributed by atoms with Gasteiger partial charge in [0.1, 0.15) is 11.6 Å². The summed E-state index contributed by atoms with van der Waals surface area (Å²) in [6, 6.07) is 9.49. The Labute approximate surface area is 108 Å². The first-order chi connectivity index (χ1) is 8.50. The molecule has 0 saturated heterocycles. The van der Waals surface area contributed by atoms with Gasteiger partial charge in [-0.3, -0.25) is 9.59 Å². The molecule has 0 unspecified atom stereocenters. The Morgan fingerprint density at radius 2 is 1.83 bits per heavy atom. The molecule has 0 aliphatic heterocycles. The molecular formula is C15H21NO2. The summed E-state index contributed by atoms with van der Waals surface area (Å²) < 4.78 is 0. The van der Waals surface area contributed by atoms with Crippen LogP contribution in [0.2, 0.25) is 0 Å². The Kier molecular flexibility index (Phi) is 5.72. The third kappa shape index (κ3) is 4.80. The van der Waals surface area contributed by atoms with Crippen molar-refractivity contribution in [1.82, 2.24) is 0 Å². The third-order valence-corrected chi connectivity index (χ3v) is 3.20. The third-order valence-electron chi connectivity index (χ3n) is 3.20. The Hall–Kier alpha value is -1.48. The molecule has 18 heavy (non-hydrogen) atoms. The van der Waals surface area contributed by atoms with Gasteiger partial charge < -0.3 is 5.73 Å². The predicted molar refractivity (Wildman–Crippen MR) is 72.2 cm³/mol. The van der Waals surface area contributed by atoms with Crippen molar-refractivity contribution in [3.05, 3.63) is 35.9 Å². The van der Waals surface area contributed by atoms with Crippen LogP contribution in [0, 0.1) is 5.92 Å². The lowest BCUT2D eigenvalue weighted by atomic mass is 9.94. The van der Waals surface area contributed by atoms with Gasteiger partial charge in [-0.25, -0.2) is 0 Å². The van der Waals surface area contributed by atoms with E-state index >= 15 is 0 Å². The quantitative estimate of drug-likeness (QED) is 0.803. The van der Waals surface area contributed by atoms with Crippen LogP contribution in [0.3, 0.4) is 0 Å². The molecule has 3 nitrogen and oxygen atoms in total. The average molecular weight is 247 g/mol. The van der Waals surface area contributed by atoms with Crippen molar-refractivity contribution < 1.29 is 9.59 Å². The van der Waals surface area contributed by atoms with Crippen LogP contribution in [-0.2, 0) is 16.0 Å². The van der Waals surface area contributed by atoms with Crippen LogP contribution in [0.4, 0.5) is 0 Å². The van der Waals surface area contributed by atoms with Gasteiger partial charge >= 0.3 is 0 Å². The summed E-state index contributed by atoms with van der Waals surface area (Å²) in [4.78, 5) is 22.9. The fourth-order valence-corrected chi connectivity index (χ4v) is 1.72. The zero-order valence-corrected chi connectivity index (χ0v) is 11.1. The fraction of sp³-hybridized carbons (Fsp3) is 0.467. The van der Waals surface area contributed by atoms with E-state index in [2.05, 4.69) is 0 Å². The van der Waals surface area contributed by atoms with Crippen molar-refractivity contribution in [2.75, 3.05) is 0 Å². The van der Waals surface area contributed by atoms with Gasteiger partial charge in [-0.2, -0.15) is 0 Å². The van der Waals surface area contributed by atoms with Gasteiger partial charge in [-0.05, 0) is 25.3 Å². The molecule has 0 heterocycles. The molecule has 3 heteroatoms. The van der Waals surface area contributed by atoms with E-state index in [1.165, 1.54) is 12.5 Å². The molecule has 1 aromatic carbocycles. The zero-order chi connectivity index (χ0) is 13.5. The number of carbonyl (C=O) groups excluding carboxylic acids is 2. The first-order valence-corrected chi connectivity index (χ1v) is 6.33. The largest absolute Gasteiger partial charge is 0.321 e. The summed E-state index contributed by atoms with van der Waals surface area (Å²) in [5, 5.41) is 0. The summed E-state index contributed by atoms with van der Waals surface area (Å²) in [5.41, 5.74) is 7.03. The van der Waals surface area contributed by atoms with E-state index in [1.807, 2.05) is 30.3 Å². The van der Waals surface area contributed by atoms with Gasteiger partial charge in [0.15, 0.2) is 0 Å². The first kappa shape index (κ1) is 14.6. The topological polar surface area (TPSA) is 60.2 Å². The molecule has 1 rings (SSSR count). The van der Waals surface area contributed by atoms with E-state index < -0.39 is 6.04 Å². The lowest BCUT2D eigenvalue weighted by molar-refractivity contribution is -0.127. The Morgan fingerprint density at radius 1 is 1.22 bits per heavy atom. The van der Waals surface area contributed by atoms with Crippen molar-refractivity contribution in [3.63, 3.8) is 0 Å². The van der Waals surface area contributed by atoms with E-state index in [-0.39, 0.29) is 23.9 Å². The number of ketones is 2. The molecule has 0 amide bonds. The molecule has 0 fully saturated rings. The molecule has 0 aliphatic carbocycles. The van der Waals surface area contributed by atoms with Gasteiger partial charge in [0.05, 0.1) is 6.04 Å². The van der Waals surface area contributed by atoms with Crippen molar-refractivity contribution in [1.29, 1.82) is 0 Å². The minimum Gasteiger partial charge on any atom is -0.321 e. The van der Waals surface area contributed by atoms with Crippen molar-refractivity contribution in [2.45, 2.75) is 39.2 Å². The molecule has 2 N–H and O–H groups in total. The van der Waals surface area contributed by atoms with Gasteiger partial charge in [0, 0.05) is 12.3 Å². The van der Waals surface area contributed by atoms with E-state index in [0.29, 0.717) is 6.42 Å². The van der Waals surface area contributed by atoms with Gasteiger partial charge in [0.2, 0.25) is 0 Å². The highest BCUT2D eigenvalue weighted by Crippen LogP contribution is 2.09. The fourth-order valence-electron chi connectivity index (χ4n) is 1.72. The van der Waals surface area contributed by atoms with E-state index in [0.717, 1.165) is 6.42 Å². The molecule has 0 spiro atoms. The number of aryl methyl sites for hydroxylation is 1. The molecule has 98 valence electrons. The summed E-state index contributed by atoms with van der Waals surface area (Å²) in [6.45, 7) is 3.28. The highest BCUT2D eigenvalue weighted by Gasteiger charge is 2.18. The highest BCUT2D eigenvalue weighted by molar-refractivity contribution is 5.89. The first-order valence-electron chi connectivity index (χ1n) is 6.33. The summed E-state index contributed by atoms with van der Waals surface area (Å²) in [7, 11) is 0. The number of benzene rings is 1. The van der Waals surface area contributed by atoms with Crippen LogP contribution in [0.1, 0.15) is 32.3 Å². The van der Waals surface area contributed by atoms with Crippen LogP contribution < -0.4 is 5.73 Å². The molecule has 0 radical (unpaired) electrons. The number of rotatable bonds is 7. The van der Waals surface area contributed by atoms with E-state index in [9.17, 15) is 9.59 Å². The van der Waals surface area contributed by atoms with E-state index in [1.54, 1.807) is 6.92 Å². The second-order valence-electron chi connectivity index (χ2n) is 4.81. The van der Waals surface area contributed by atoms with Crippen LogP contribution in [0.15, 0.2) is 30.3 Å². The SMILES string of the molecule is CC(=O)[C@H](C)CC(=O)[C@H](N)CCc1ccccc1. The predicted octanol–water partition coefficient (Wildman–Crippen LogP) is 2.13. The lowest BCUT2D eigenvalue weighted by Crippen LogP contribution is -2.32. The highest BCUT2D eigenvalue weighted by atomic mass is 16.1. The molecule has 0 bridgehead atoms. The maximum absolute atomic E-state index is 11.8. The number of carbonyl (C=O) groups is 2. The normalized spacial score (nSPS) is 13.9. The smallest absolute Gasteiger partial charge is 0.150 e. The summed E-state index contributed by atoms with van der Waals surface area (Å²) in [6.07, 6.45) is 1.68. The van der Waals surface area contributed by atoms with Gasteiger partial charge in [0.25, 0.3) is 0 Å². The van der Waals surface area contributed by atoms with Crippen LogP contribution in [-0.4, -0.2) is 17.6 Å². The number of hydrogen-bond acceptors (Lipinski definition) is 3. The number of Topliss-reactive ketones (excluding diaryl/α,β-unsaturated/α-hetero) is 2. The second kappa shape index (κ2) is 7.07. The van der Waals surface area contributed by atoms with Crippen molar-refractivity contribution in [3.8, 4) is 0 Å². The maximum Gasteiger partial charge on any atom is 0.150 e. The summed E-state index contributed by atoms with van der Waals surface area (Å²) in [5.74, 6) is -0.201. The number of hydrogen-bond donors (Lipinski definition) is 1. The Morgan fingerprint density at radius 3 is 2.39 bits per heavy atom. The molecule has 2 atom stereocenters. The van der Waals surface area contributed by atoms with Gasteiger partial charge in [-0.15, -0.1) is 0 Å². The molecule has 0 aliphatic rings. The number of nitrogens with two attached hydrogens (primary N) is 1. The minimum absolute atomic E-state index is 0.0198. The van der Waals surface area contributed by atoms with Gasteiger partial charge in [-0.1, -0.05) is 37.3 Å². The van der Waals surface area contributed by atoms with E-state index in [4.69, 9.17) is 5.73 Å². The lowest BCUT2D eigenvalue weighted by Gasteiger charge is -2.13. The monoisotopic (exact) mass is 247 g/mol. The zero-order valence-electron chi connectivity index (χ0n) is 11.1. The molecule has 0 aromatic heterocycles. The Balaban J connectivity index is 2.39. The average Bonchev–Trinajstić information content (AvgIpc) is 2.36. The van der Waals surface area contributed by atoms with Crippen LogP contribution >= 0.6 is 0 Å². The molecule has 0 saturated carbocycles. The molecular weight excluding hydrogens is 226 g/mol.